The fourth-order valence-electron chi connectivity index (χ4n) is 3.42. The number of aryl methyl sites for hydroxylation is 1. The normalized spacial score (nSPS) is 23.9. The molecule has 1 spiro atoms. The molecule has 3 rings (SSSR count). The highest BCUT2D eigenvalue weighted by Crippen LogP contribution is 2.61. The van der Waals surface area contributed by atoms with Crippen LogP contribution in [-0.4, -0.2) is 5.97 Å². The first-order valence-corrected chi connectivity index (χ1v) is 8.21. The zero-order valence-electron chi connectivity index (χ0n) is 13.4. The molecule has 1 atom stereocenters. The number of hydrogen-bond donors (Lipinski definition) is 0. The molecule has 0 aromatic heterocycles. The molecule has 2 aliphatic rings. The largest absolute Gasteiger partial charge is 0.456 e. The summed E-state index contributed by atoms with van der Waals surface area (Å²) in [5.74, 6) is -0.0749. The van der Waals surface area contributed by atoms with Crippen LogP contribution in [0.1, 0.15) is 70.1 Å². The van der Waals surface area contributed by atoms with Gasteiger partial charge in [0.15, 0.2) is 0 Å². The summed E-state index contributed by atoms with van der Waals surface area (Å²) in [6.07, 6.45) is 7.16. The Labute approximate surface area is 127 Å². The van der Waals surface area contributed by atoms with Gasteiger partial charge in [0.1, 0.15) is 6.10 Å². The molecule has 1 saturated carbocycles. The second-order valence-corrected chi connectivity index (χ2v) is 7.80. The summed E-state index contributed by atoms with van der Waals surface area (Å²) in [5, 5.41) is 0. The monoisotopic (exact) mass is 286 g/mol. The molecule has 2 aliphatic carbocycles. The summed E-state index contributed by atoms with van der Waals surface area (Å²) < 4.78 is 6.06. The molecule has 2 heteroatoms. The van der Waals surface area contributed by atoms with Gasteiger partial charge in [-0.25, -0.2) is 0 Å². The minimum Gasteiger partial charge on any atom is -0.456 e. The van der Waals surface area contributed by atoms with E-state index in [2.05, 4.69) is 24.3 Å². The zero-order valence-corrected chi connectivity index (χ0v) is 13.4. The van der Waals surface area contributed by atoms with Crippen molar-refractivity contribution in [3.8, 4) is 0 Å². The molecular weight excluding hydrogens is 260 g/mol. The molecule has 1 fully saturated rings. The van der Waals surface area contributed by atoms with Gasteiger partial charge in [-0.1, -0.05) is 30.7 Å². The second kappa shape index (κ2) is 5.15. The summed E-state index contributed by atoms with van der Waals surface area (Å²) in [5.41, 5.74) is 2.41. The summed E-state index contributed by atoms with van der Waals surface area (Å²) in [4.78, 5) is 12.4. The molecule has 0 aliphatic heterocycles. The van der Waals surface area contributed by atoms with Gasteiger partial charge in [0.25, 0.3) is 0 Å². The quantitative estimate of drug-likeness (QED) is 0.692. The Morgan fingerprint density at radius 3 is 2.52 bits per heavy atom. The molecule has 1 unspecified atom stereocenters. The number of esters is 1. The lowest BCUT2D eigenvalue weighted by molar-refractivity contribution is -0.163. The molecule has 0 saturated heterocycles. The van der Waals surface area contributed by atoms with Crippen molar-refractivity contribution in [1.82, 2.24) is 0 Å². The van der Waals surface area contributed by atoms with E-state index in [1.807, 2.05) is 20.8 Å². The van der Waals surface area contributed by atoms with Crippen molar-refractivity contribution < 1.29 is 9.53 Å². The molecule has 0 amide bonds. The van der Waals surface area contributed by atoms with Crippen molar-refractivity contribution in [2.45, 2.75) is 65.4 Å². The zero-order chi connectivity index (χ0) is 15.1. The smallest absolute Gasteiger partial charge is 0.311 e. The van der Waals surface area contributed by atoms with Crippen LogP contribution in [0.4, 0.5) is 0 Å². The maximum Gasteiger partial charge on any atom is 0.311 e. The van der Waals surface area contributed by atoms with Gasteiger partial charge in [-0.3, -0.25) is 4.79 Å². The SMILES string of the molecule is CC(C)(C)C(=O)OC1c2ccccc2CCCCC12CC2. The second-order valence-electron chi connectivity index (χ2n) is 7.80. The molecule has 0 heterocycles. The van der Waals surface area contributed by atoms with Crippen molar-refractivity contribution in [2.75, 3.05) is 0 Å². The predicted octanol–water partition coefficient (Wildman–Crippen LogP) is 4.82. The Balaban J connectivity index is 1.96. The molecule has 1 aromatic rings. The van der Waals surface area contributed by atoms with Gasteiger partial charge >= 0.3 is 5.97 Å². The number of fused-ring (bicyclic) bond motifs is 1. The van der Waals surface area contributed by atoms with Gasteiger partial charge in [0.05, 0.1) is 5.41 Å². The first-order chi connectivity index (χ1) is 9.92. The topological polar surface area (TPSA) is 26.3 Å². The molecule has 114 valence electrons. The van der Waals surface area contributed by atoms with Crippen LogP contribution < -0.4 is 0 Å². The fourth-order valence-corrected chi connectivity index (χ4v) is 3.42. The summed E-state index contributed by atoms with van der Waals surface area (Å²) in [6, 6.07) is 8.55. The van der Waals surface area contributed by atoms with Crippen molar-refractivity contribution in [3.05, 3.63) is 35.4 Å². The summed E-state index contributed by atoms with van der Waals surface area (Å²) >= 11 is 0. The Kier molecular flexibility index (Phi) is 3.59. The van der Waals surface area contributed by atoms with Gasteiger partial charge < -0.3 is 4.74 Å². The minimum absolute atomic E-state index is 0.0410. The highest BCUT2D eigenvalue weighted by atomic mass is 16.5. The van der Waals surface area contributed by atoms with Gasteiger partial charge in [-0.05, 0) is 64.0 Å². The Bertz CT molecular complexity index is 535. The molecule has 2 nitrogen and oxygen atoms in total. The lowest BCUT2D eigenvalue weighted by atomic mass is 9.81. The number of hydrogen-bond acceptors (Lipinski definition) is 2. The fraction of sp³-hybridized carbons (Fsp3) is 0.632. The molecule has 0 radical (unpaired) electrons. The van der Waals surface area contributed by atoms with Crippen LogP contribution in [0, 0.1) is 10.8 Å². The average molecular weight is 286 g/mol. The number of benzene rings is 1. The van der Waals surface area contributed by atoms with Crippen LogP contribution in [0.3, 0.4) is 0 Å². The third-order valence-corrected chi connectivity index (χ3v) is 4.99. The summed E-state index contributed by atoms with van der Waals surface area (Å²) in [6.45, 7) is 5.80. The number of ether oxygens (including phenoxy) is 1. The Morgan fingerprint density at radius 1 is 1.14 bits per heavy atom. The van der Waals surface area contributed by atoms with Gasteiger partial charge in [0, 0.05) is 5.41 Å². The molecule has 1 aromatic carbocycles. The number of carbonyl (C=O) groups is 1. The average Bonchev–Trinajstić information content (AvgIpc) is 3.20. The van der Waals surface area contributed by atoms with E-state index in [9.17, 15) is 4.79 Å². The highest BCUT2D eigenvalue weighted by molar-refractivity contribution is 5.75. The van der Waals surface area contributed by atoms with Crippen LogP contribution in [0.15, 0.2) is 24.3 Å². The van der Waals surface area contributed by atoms with E-state index >= 15 is 0 Å². The van der Waals surface area contributed by atoms with E-state index in [0.29, 0.717) is 0 Å². The molecule has 21 heavy (non-hydrogen) atoms. The Morgan fingerprint density at radius 2 is 1.86 bits per heavy atom. The minimum atomic E-state index is -0.437. The van der Waals surface area contributed by atoms with E-state index in [1.54, 1.807) is 0 Å². The lowest BCUT2D eigenvalue weighted by Crippen LogP contribution is -2.30. The van der Waals surface area contributed by atoms with Crippen molar-refractivity contribution in [2.24, 2.45) is 10.8 Å². The van der Waals surface area contributed by atoms with E-state index in [-0.39, 0.29) is 17.5 Å². The maximum atomic E-state index is 12.4. The van der Waals surface area contributed by atoms with Gasteiger partial charge in [-0.15, -0.1) is 0 Å². The van der Waals surface area contributed by atoms with Crippen molar-refractivity contribution >= 4 is 5.97 Å². The van der Waals surface area contributed by atoms with E-state index in [0.717, 1.165) is 6.42 Å². The number of carbonyl (C=O) groups excluding carboxylic acids is 1. The predicted molar refractivity (Wildman–Crippen MR) is 84.0 cm³/mol. The van der Waals surface area contributed by atoms with Crippen molar-refractivity contribution in [1.29, 1.82) is 0 Å². The third-order valence-electron chi connectivity index (χ3n) is 4.99. The van der Waals surface area contributed by atoms with E-state index in [1.165, 1.54) is 43.2 Å². The Hall–Kier alpha value is -1.31. The lowest BCUT2D eigenvalue weighted by Gasteiger charge is -2.33. The summed E-state index contributed by atoms with van der Waals surface area (Å²) in [7, 11) is 0. The molecular formula is C19H26O2. The van der Waals surface area contributed by atoms with Gasteiger partial charge in [0.2, 0.25) is 0 Å². The third kappa shape index (κ3) is 2.86. The first kappa shape index (κ1) is 14.6. The van der Waals surface area contributed by atoms with Crippen LogP contribution in [0.5, 0.6) is 0 Å². The van der Waals surface area contributed by atoms with Crippen LogP contribution >= 0.6 is 0 Å². The van der Waals surface area contributed by atoms with Crippen molar-refractivity contribution in [3.63, 3.8) is 0 Å². The van der Waals surface area contributed by atoms with Crippen LogP contribution in [0.25, 0.3) is 0 Å². The standard InChI is InChI=1S/C19H26O2/c1-18(2,3)17(20)21-16-15-10-5-4-8-14(15)9-6-7-11-19(16)12-13-19/h4-5,8,10,16H,6-7,9,11-13H2,1-3H3. The highest BCUT2D eigenvalue weighted by Gasteiger charge is 2.52. The molecule has 0 N–H and O–H groups in total. The van der Waals surface area contributed by atoms with Gasteiger partial charge in [-0.2, -0.15) is 0 Å². The van der Waals surface area contributed by atoms with Crippen LogP contribution in [-0.2, 0) is 16.0 Å². The van der Waals surface area contributed by atoms with E-state index in [4.69, 9.17) is 4.74 Å². The number of rotatable bonds is 1. The molecule has 0 bridgehead atoms. The van der Waals surface area contributed by atoms with E-state index < -0.39 is 5.41 Å². The maximum absolute atomic E-state index is 12.4. The first-order valence-electron chi connectivity index (χ1n) is 8.21. The van der Waals surface area contributed by atoms with Crippen LogP contribution in [0.2, 0.25) is 0 Å².